The average Bonchev–Trinajstić information content (AvgIpc) is 2.79. The molecule has 0 amide bonds. The molecule has 0 radical (unpaired) electrons. The summed E-state index contributed by atoms with van der Waals surface area (Å²) in [7, 11) is 1.16. The number of nitrogens with two attached hydrogens (primary N) is 1. The van der Waals surface area contributed by atoms with Gasteiger partial charge in [-0.1, -0.05) is 0 Å². The minimum Gasteiger partial charge on any atom is -0.464 e. The molecule has 0 fully saturated rings. The fraction of sp³-hybridized carbons (Fsp3) is 0.0909. The third-order valence-corrected chi connectivity index (χ3v) is 2.58. The maximum absolute atomic E-state index is 13.8. The number of non-ortho nitro benzene ring substituents is 1. The molecule has 2 aromatic rings. The van der Waals surface area contributed by atoms with E-state index in [0.717, 1.165) is 30.1 Å². The van der Waals surface area contributed by atoms with Crippen molar-refractivity contribution in [2.24, 2.45) is 0 Å². The standard InChI is InChI=1S/C11H9FN4O4/c1-20-11(17)9-10(13)15(5-14-9)8-3-2-6(16(18)19)4-7(8)12/h2-5H,13H2,1H3. The van der Waals surface area contributed by atoms with Crippen molar-refractivity contribution in [3.8, 4) is 5.69 Å². The highest BCUT2D eigenvalue weighted by Crippen LogP contribution is 2.23. The molecule has 0 unspecified atom stereocenters. The molecule has 0 saturated carbocycles. The van der Waals surface area contributed by atoms with Crippen LogP contribution in [0.15, 0.2) is 24.5 Å². The second-order valence-electron chi connectivity index (χ2n) is 3.73. The van der Waals surface area contributed by atoms with E-state index in [1.807, 2.05) is 0 Å². The van der Waals surface area contributed by atoms with E-state index in [1.165, 1.54) is 6.07 Å². The third kappa shape index (κ3) is 2.16. The van der Waals surface area contributed by atoms with E-state index in [1.54, 1.807) is 0 Å². The molecule has 0 aliphatic carbocycles. The number of nitrogen functional groups attached to an aromatic ring is 1. The molecule has 104 valence electrons. The lowest BCUT2D eigenvalue weighted by Crippen LogP contribution is -2.08. The van der Waals surface area contributed by atoms with Crippen molar-refractivity contribution in [3.05, 3.63) is 46.2 Å². The van der Waals surface area contributed by atoms with Gasteiger partial charge in [-0.3, -0.25) is 14.7 Å². The Kier molecular flexibility index (Phi) is 3.34. The number of ether oxygens (including phenoxy) is 1. The zero-order valence-corrected chi connectivity index (χ0v) is 10.2. The van der Waals surface area contributed by atoms with Gasteiger partial charge in [-0.25, -0.2) is 14.2 Å². The van der Waals surface area contributed by atoms with Crippen molar-refractivity contribution < 1.29 is 18.8 Å². The number of hydrogen-bond acceptors (Lipinski definition) is 6. The number of nitrogens with zero attached hydrogens (tertiary/aromatic N) is 3. The highest BCUT2D eigenvalue weighted by molar-refractivity contribution is 5.92. The van der Waals surface area contributed by atoms with Crippen LogP contribution in [0.3, 0.4) is 0 Å². The number of hydrogen-bond donors (Lipinski definition) is 1. The van der Waals surface area contributed by atoms with Crippen LogP contribution in [0, 0.1) is 15.9 Å². The smallest absolute Gasteiger partial charge is 0.360 e. The first-order valence-corrected chi connectivity index (χ1v) is 5.31. The van der Waals surface area contributed by atoms with Crippen LogP contribution in [-0.4, -0.2) is 27.6 Å². The zero-order valence-electron chi connectivity index (χ0n) is 10.2. The van der Waals surface area contributed by atoms with Gasteiger partial charge < -0.3 is 10.5 Å². The minimum absolute atomic E-state index is 0.0595. The van der Waals surface area contributed by atoms with Gasteiger partial charge in [0, 0.05) is 6.07 Å². The van der Waals surface area contributed by atoms with Crippen LogP contribution in [-0.2, 0) is 4.74 Å². The Balaban J connectivity index is 2.50. The van der Waals surface area contributed by atoms with Crippen molar-refractivity contribution in [2.75, 3.05) is 12.8 Å². The van der Waals surface area contributed by atoms with Crippen molar-refractivity contribution >= 4 is 17.5 Å². The summed E-state index contributed by atoms with van der Waals surface area (Å²) in [6.07, 6.45) is 1.13. The van der Waals surface area contributed by atoms with Crippen LogP contribution >= 0.6 is 0 Å². The van der Waals surface area contributed by atoms with Crippen molar-refractivity contribution in [1.29, 1.82) is 0 Å². The molecule has 0 aliphatic heterocycles. The molecule has 1 heterocycles. The van der Waals surface area contributed by atoms with Crippen LogP contribution in [0.2, 0.25) is 0 Å². The molecule has 0 atom stereocenters. The zero-order chi connectivity index (χ0) is 14.9. The van der Waals surface area contributed by atoms with Gasteiger partial charge in [0.1, 0.15) is 12.1 Å². The van der Waals surface area contributed by atoms with Crippen LogP contribution in [0.1, 0.15) is 10.5 Å². The summed E-state index contributed by atoms with van der Waals surface area (Å²) >= 11 is 0. The predicted molar refractivity (Wildman–Crippen MR) is 65.9 cm³/mol. The Morgan fingerprint density at radius 2 is 2.25 bits per heavy atom. The monoisotopic (exact) mass is 280 g/mol. The van der Waals surface area contributed by atoms with E-state index in [-0.39, 0.29) is 17.2 Å². The van der Waals surface area contributed by atoms with Crippen molar-refractivity contribution in [3.63, 3.8) is 0 Å². The molecule has 0 saturated heterocycles. The number of anilines is 1. The molecule has 9 heteroatoms. The summed E-state index contributed by atoms with van der Waals surface area (Å²) in [4.78, 5) is 24.9. The summed E-state index contributed by atoms with van der Waals surface area (Å²) in [6.45, 7) is 0. The van der Waals surface area contributed by atoms with E-state index in [4.69, 9.17) is 5.73 Å². The maximum atomic E-state index is 13.8. The van der Waals surface area contributed by atoms with E-state index < -0.39 is 22.4 Å². The number of halogens is 1. The largest absolute Gasteiger partial charge is 0.464 e. The van der Waals surface area contributed by atoms with Crippen LogP contribution < -0.4 is 5.73 Å². The summed E-state index contributed by atoms with van der Waals surface area (Å²) in [5.74, 6) is -1.74. The molecular formula is C11H9FN4O4. The average molecular weight is 280 g/mol. The van der Waals surface area contributed by atoms with Gasteiger partial charge in [-0.05, 0) is 6.07 Å². The number of nitro groups is 1. The molecule has 1 aromatic heterocycles. The predicted octanol–water partition coefficient (Wildman–Crippen LogP) is 1.29. The Morgan fingerprint density at radius 3 is 2.80 bits per heavy atom. The van der Waals surface area contributed by atoms with E-state index in [0.29, 0.717) is 0 Å². The SMILES string of the molecule is COC(=O)c1ncn(-c2ccc([N+](=O)[O-])cc2F)c1N. The van der Waals surface area contributed by atoms with Gasteiger partial charge in [-0.15, -0.1) is 0 Å². The molecule has 0 bridgehead atoms. The second kappa shape index (κ2) is 4.96. The van der Waals surface area contributed by atoms with Crippen LogP contribution in [0.25, 0.3) is 5.69 Å². The lowest BCUT2D eigenvalue weighted by Gasteiger charge is -2.06. The fourth-order valence-electron chi connectivity index (χ4n) is 1.61. The molecule has 2 rings (SSSR count). The maximum Gasteiger partial charge on any atom is 0.360 e. The number of rotatable bonds is 3. The first-order valence-electron chi connectivity index (χ1n) is 5.31. The van der Waals surface area contributed by atoms with Gasteiger partial charge in [0.25, 0.3) is 5.69 Å². The lowest BCUT2D eigenvalue weighted by atomic mass is 10.2. The Hall–Kier alpha value is -2.97. The number of imidazole rings is 1. The highest BCUT2D eigenvalue weighted by Gasteiger charge is 2.19. The van der Waals surface area contributed by atoms with Gasteiger partial charge in [0.05, 0.1) is 23.8 Å². The van der Waals surface area contributed by atoms with Crippen molar-refractivity contribution in [2.45, 2.75) is 0 Å². The van der Waals surface area contributed by atoms with E-state index >= 15 is 0 Å². The topological polar surface area (TPSA) is 113 Å². The van der Waals surface area contributed by atoms with Gasteiger partial charge >= 0.3 is 5.97 Å². The number of methoxy groups -OCH3 is 1. The van der Waals surface area contributed by atoms with Gasteiger partial charge in [0.2, 0.25) is 0 Å². The first kappa shape index (κ1) is 13.5. The minimum atomic E-state index is -0.861. The number of esters is 1. The summed E-state index contributed by atoms with van der Waals surface area (Å²) < 4.78 is 19.4. The summed E-state index contributed by atoms with van der Waals surface area (Å²) in [5, 5.41) is 10.5. The fourth-order valence-corrected chi connectivity index (χ4v) is 1.61. The lowest BCUT2D eigenvalue weighted by molar-refractivity contribution is -0.385. The van der Waals surface area contributed by atoms with E-state index in [2.05, 4.69) is 9.72 Å². The highest BCUT2D eigenvalue weighted by atomic mass is 19.1. The molecule has 2 N–H and O–H groups in total. The summed E-state index contributed by atoms with van der Waals surface area (Å²) in [5.41, 5.74) is 5.07. The quantitative estimate of drug-likeness (QED) is 0.514. The molecule has 1 aromatic carbocycles. The van der Waals surface area contributed by atoms with Crippen LogP contribution in [0.4, 0.5) is 15.9 Å². The third-order valence-electron chi connectivity index (χ3n) is 2.58. The Morgan fingerprint density at radius 1 is 1.55 bits per heavy atom. The first-order chi connectivity index (χ1) is 9.45. The molecule has 20 heavy (non-hydrogen) atoms. The van der Waals surface area contributed by atoms with Gasteiger partial charge in [0.15, 0.2) is 11.5 Å². The normalized spacial score (nSPS) is 10.3. The number of nitro benzene ring substituents is 1. The van der Waals surface area contributed by atoms with Crippen LogP contribution in [0.5, 0.6) is 0 Å². The Bertz CT molecular complexity index is 698. The molecule has 0 aliphatic rings. The molecular weight excluding hydrogens is 271 g/mol. The molecule has 8 nitrogen and oxygen atoms in total. The molecule has 0 spiro atoms. The Labute approximate surface area is 111 Å². The number of carbonyl (C=O) groups excluding carboxylic acids is 1. The number of aromatic nitrogens is 2. The van der Waals surface area contributed by atoms with Gasteiger partial charge in [-0.2, -0.15) is 0 Å². The summed E-state index contributed by atoms with van der Waals surface area (Å²) in [6, 6.07) is 3.05. The number of carbonyl (C=O) groups is 1. The van der Waals surface area contributed by atoms with Crippen molar-refractivity contribution in [1.82, 2.24) is 9.55 Å². The van der Waals surface area contributed by atoms with E-state index in [9.17, 15) is 19.3 Å². The number of benzene rings is 1. The second-order valence-corrected chi connectivity index (χ2v) is 3.73.